The van der Waals surface area contributed by atoms with Crippen molar-refractivity contribution in [3.05, 3.63) is 71.8 Å². The Kier molecular flexibility index (Phi) is 6.98. The predicted molar refractivity (Wildman–Crippen MR) is 121 cm³/mol. The standard InChI is InChI=1S/C26H32N2O2/c1-2-28-15-14-27(18-21-9-8-16-30-20-21)19-24(26(28)29)17-23-12-6-7-13-25(23)22-10-4-3-5-11-22/h3-7,9-13,24H,2,8,14-20H2,1H3/t24-/m1/s1. The van der Waals surface area contributed by atoms with Crippen molar-refractivity contribution >= 4 is 5.91 Å². The van der Waals surface area contributed by atoms with E-state index in [9.17, 15) is 4.79 Å². The first-order valence-corrected chi connectivity index (χ1v) is 11.1. The second-order valence-electron chi connectivity index (χ2n) is 8.28. The van der Waals surface area contributed by atoms with E-state index in [0.717, 1.165) is 58.8 Å². The summed E-state index contributed by atoms with van der Waals surface area (Å²) in [6.07, 6.45) is 4.08. The molecule has 0 spiro atoms. The number of hydrogen-bond acceptors (Lipinski definition) is 3. The molecule has 0 aromatic heterocycles. The molecule has 4 rings (SSSR count). The summed E-state index contributed by atoms with van der Waals surface area (Å²) < 4.78 is 5.63. The molecule has 2 aromatic rings. The number of amides is 1. The minimum atomic E-state index is -0.0255. The Morgan fingerprint density at radius 2 is 1.83 bits per heavy atom. The smallest absolute Gasteiger partial charge is 0.227 e. The van der Waals surface area contributed by atoms with Gasteiger partial charge in [-0.25, -0.2) is 0 Å². The molecule has 0 N–H and O–H groups in total. The molecule has 158 valence electrons. The van der Waals surface area contributed by atoms with Gasteiger partial charge in [0.2, 0.25) is 5.91 Å². The van der Waals surface area contributed by atoms with Crippen molar-refractivity contribution in [1.82, 2.24) is 9.80 Å². The Bertz CT molecular complexity index is 878. The summed E-state index contributed by atoms with van der Waals surface area (Å²) in [6.45, 7) is 7.84. The molecule has 0 bridgehead atoms. The van der Waals surface area contributed by atoms with Gasteiger partial charge in [0.1, 0.15) is 0 Å². The third-order valence-electron chi connectivity index (χ3n) is 6.19. The van der Waals surface area contributed by atoms with Crippen LogP contribution in [0, 0.1) is 5.92 Å². The van der Waals surface area contributed by atoms with Gasteiger partial charge in [0.05, 0.1) is 19.1 Å². The van der Waals surface area contributed by atoms with Gasteiger partial charge in [-0.2, -0.15) is 0 Å². The maximum Gasteiger partial charge on any atom is 0.227 e. The van der Waals surface area contributed by atoms with E-state index in [2.05, 4.69) is 66.4 Å². The molecular formula is C26H32N2O2. The molecule has 1 atom stereocenters. The van der Waals surface area contributed by atoms with Crippen molar-refractivity contribution in [3.8, 4) is 11.1 Å². The number of benzene rings is 2. The SMILES string of the molecule is CCN1CCN(CC2=CCCOC2)C[C@@H](Cc2ccccc2-c2ccccc2)C1=O. The molecule has 30 heavy (non-hydrogen) atoms. The lowest BCUT2D eigenvalue weighted by Gasteiger charge is -2.26. The Labute approximate surface area is 180 Å². The number of carbonyl (C=O) groups is 1. The van der Waals surface area contributed by atoms with Gasteiger partial charge in [-0.15, -0.1) is 0 Å². The van der Waals surface area contributed by atoms with Crippen molar-refractivity contribution in [2.75, 3.05) is 45.9 Å². The van der Waals surface area contributed by atoms with E-state index in [1.165, 1.54) is 22.3 Å². The van der Waals surface area contributed by atoms with Gasteiger partial charge in [0.25, 0.3) is 0 Å². The number of likely N-dealkylation sites (N-methyl/N-ethyl adjacent to an activating group) is 1. The summed E-state index contributed by atoms with van der Waals surface area (Å²) in [4.78, 5) is 17.8. The number of rotatable bonds is 6. The number of hydrogen-bond donors (Lipinski definition) is 0. The van der Waals surface area contributed by atoms with Gasteiger partial charge >= 0.3 is 0 Å². The van der Waals surface area contributed by atoms with Crippen molar-refractivity contribution in [2.45, 2.75) is 19.8 Å². The van der Waals surface area contributed by atoms with Gasteiger partial charge in [-0.1, -0.05) is 60.7 Å². The van der Waals surface area contributed by atoms with Crippen LogP contribution in [0.25, 0.3) is 11.1 Å². The normalized spacial score (nSPS) is 20.7. The summed E-state index contributed by atoms with van der Waals surface area (Å²) in [6, 6.07) is 19.0. The predicted octanol–water partition coefficient (Wildman–Crippen LogP) is 4.02. The van der Waals surface area contributed by atoms with E-state index < -0.39 is 0 Å². The summed E-state index contributed by atoms with van der Waals surface area (Å²) in [7, 11) is 0. The van der Waals surface area contributed by atoms with Crippen LogP contribution in [0.15, 0.2) is 66.2 Å². The minimum absolute atomic E-state index is 0.0255. The molecule has 4 nitrogen and oxygen atoms in total. The van der Waals surface area contributed by atoms with Crippen LogP contribution in [0.3, 0.4) is 0 Å². The van der Waals surface area contributed by atoms with E-state index >= 15 is 0 Å². The number of ether oxygens (including phenoxy) is 1. The fraction of sp³-hybridized carbons (Fsp3) is 0.423. The molecule has 2 heterocycles. The minimum Gasteiger partial charge on any atom is -0.377 e. The van der Waals surface area contributed by atoms with Gasteiger partial charge in [0, 0.05) is 32.7 Å². The lowest BCUT2D eigenvalue weighted by molar-refractivity contribution is -0.134. The first-order valence-electron chi connectivity index (χ1n) is 11.1. The van der Waals surface area contributed by atoms with Crippen LogP contribution in [0.1, 0.15) is 18.9 Å². The van der Waals surface area contributed by atoms with Crippen LogP contribution < -0.4 is 0 Å². The van der Waals surface area contributed by atoms with E-state index in [1.54, 1.807) is 0 Å². The third kappa shape index (κ3) is 5.00. The van der Waals surface area contributed by atoms with Crippen LogP contribution in [-0.2, 0) is 16.0 Å². The van der Waals surface area contributed by atoms with Crippen LogP contribution in [-0.4, -0.2) is 61.6 Å². The second kappa shape index (κ2) is 10.1. The van der Waals surface area contributed by atoms with E-state index in [-0.39, 0.29) is 11.8 Å². The monoisotopic (exact) mass is 404 g/mol. The van der Waals surface area contributed by atoms with Gasteiger partial charge in [0.15, 0.2) is 0 Å². The molecule has 2 aliphatic heterocycles. The highest BCUT2D eigenvalue weighted by atomic mass is 16.5. The lowest BCUT2D eigenvalue weighted by Crippen LogP contribution is -2.37. The van der Waals surface area contributed by atoms with Gasteiger partial charge in [-0.05, 0) is 42.0 Å². The molecule has 0 radical (unpaired) electrons. The van der Waals surface area contributed by atoms with Crippen LogP contribution in [0.2, 0.25) is 0 Å². The zero-order valence-corrected chi connectivity index (χ0v) is 17.9. The second-order valence-corrected chi connectivity index (χ2v) is 8.28. The van der Waals surface area contributed by atoms with Crippen LogP contribution in [0.5, 0.6) is 0 Å². The molecule has 0 saturated carbocycles. The molecule has 0 unspecified atom stereocenters. The molecule has 0 aliphatic carbocycles. The summed E-state index contributed by atoms with van der Waals surface area (Å²) in [5.41, 5.74) is 5.04. The molecule has 1 saturated heterocycles. The van der Waals surface area contributed by atoms with Crippen molar-refractivity contribution in [3.63, 3.8) is 0 Å². The average Bonchev–Trinajstić information content (AvgIpc) is 2.94. The summed E-state index contributed by atoms with van der Waals surface area (Å²) in [5, 5.41) is 0. The van der Waals surface area contributed by atoms with E-state index in [0.29, 0.717) is 0 Å². The molecule has 1 amide bonds. The highest BCUT2D eigenvalue weighted by Crippen LogP contribution is 2.27. The maximum atomic E-state index is 13.3. The zero-order chi connectivity index (χ0) is 20.8. The third-order valence-corrected chi connectivity index (χ3v) is 6.19. The highest BCUT2D eigenvalue weighted by molar-refractivity contribution is 5.80. The average molecular weight is 405 g/mol. The van der Waals surface area contributed by atoms with Gasteiger partial charge in [-0.3, -0.25) is 9.69 Å². The number of carbonyl (C=O) groups excluding carboxylic acids is 1. The lowest BCUT2D eigenvalue weighted by atomic mass is 9.91. The number of nitrogens with zero attached hydrogens (tertiary/aromatic N) is 2. The molecule has 4 heteroatoms. The first kappa shape index (κ1) is 20.8. The largest absolute Gasteiger partial charge is 0.377 e. The van der Waals surface area contributed by atoms with Crippen molar-refractivity contribution < 1.29 is 9.53 Å². The summed E-state index contributed by atoms with van der Waals surface area (Å²) in [5.74, 6) is 0.263. The van der Waals surface area contributed by atoms with Gasteiger partial charge < -0.3 is 9.64 Å². The molecule has 1 fully saturated rings. The topological polar surface area (TPSA) is 32.8 Å². The van der Waals surface area contributed by atoms with E-state index in [4.69, 9.17) is 4.74 Å². The van der Waals surface area contributed by atoms with Crippen LogP contribution >= 0.6 is 0 Å². The fourth-order valence-electron chi connectivity index (χ4n) is 4.59. The van der Waals surface area contributed by atoms with Crippen molar-refractivity contribution in [1.29, 1.82) is 0 Å². The maximum absolute atomic E-state index is 13.3. The Balaban J connectivity index is 1.56. The highest BCUT2D eigenvalue weighted by Gasteiger charge is 2.30. The van der Waals surface area contributed by atoms with E-state index in [1.807, 2.05) is 11.0 Å². The zero-order valence-electron chi connectivity index (χ0n) is 17.9. The quantitative estimate of drug-likeness (QED) is 0.682. The summed E-state index contributed by atoms with van der Waals surface area (Å²) >= 11 is 0. The fourth-order valence-corrected chi connectivity index (χ4v) is 4.59. The molecule has 2 aromatic carbocycles. The van der Waals surface area contributed by atoms with Crippen molar-refractivity contribution in [2.24, 2.45) is 5.92 Å². The molecule has 2 aliphatic rings. The Hall–Kier alpha value is -2.43. The molecular weight excluding hydrogens is 372 g/mol. The Morgan fingerprint density at radius 1 is 1.03 bits per heavy atom. The van der Waals surface area contributed by atoms with Crippen LogP contribution in [0.4, 0.5) is 0 Å². The first-order chi connectivity index (χ1) is 14.7. The Morgan fingerprint density at radius 3 is 2.60 bits per heavy atom.